The second kappa shape index (κ2) is 9.67. The fourth-order valence-corrected chi connectivity index (χ4v) is 4.98. The van der Waals surface area contributed by atoms with Gasteiger partial charge in [0.25, 0.3) is 5.91 Å². The van der Waals surface area contributed by atoms with Crippen molar-refractivity contribution in [2.45, 2.75) is 56.2 Å². The van der Waals surface area contributed by atoms with Crippen LogP contribution in [-0.2, 0) is 15.0 Å². The van der Waals surface area contributed by atoms with Gasteiger partial charge in [-0.1, -0.05) is 30.2 Å². The van der Waals surface area contributed by atoms with Crippen molar-refractivity contribution < 1.29 is 36.7 Å². The second-order valence-corrected chi connectivity index (χ2v) is 9.96. The largest absolute Gasteiger partial charge is 0.573 e. The molecule has 1 unspecified atom stereocenters. The number of fused-ring (bicyclic) bond motifs is 2. The summed E-state index contributed by atoms with van der Waals surface area (Å²) in [4.78, 5) is 41.0. The Bertz CT molecular complexity index is 1310. The molecule has 1 saturated heterocycles. The van der Waals surface area contributed by atoms with E-state index in [9.17, 15) is 31.9 Å². The van der Waals surface area contributed by atoms with E-state index in [0.717, 1.165) is 12.1 Å². The van der Waals surface area contributed by atoms with Crippen molar-refractivity contribution >= 4 is 23.4 Å². The van der Waals surface area contributed by atoms with Gasteiger partial charge < -0.3 is 20.3 Å². The minimum Gasteiger partial charge on any atom is -0.406 e. The van der Waals surface area contributed by atoms with Gasteiger partial charge in [0, 0.05) is 24.2 Å². The van der Waals surface area contributed by atoms with Gasteiger partial charge in [-0.3, -0.25) is 14.4 Å². The lowest BCUT2D eigenvalue weighted by Gasteiger charge is -2.30. The van der Waals surface area contributed by atoms with Crippen LogP contribution in [0.15, 0.2) is 48.5 Å². The average molecular weight is 532 g/mol. The summed E-state index contributed by atoms with van der Waals surface area (Å²) in [5, 5.41) is 5.24. The highest BCUT2D eigenvalue weighted by molar-refractivity contribution is 6.07. The van der Waals surface area contributed by atoms with Gasteiger partial charge in [-0.25, -0.2) is 4.39 Å². The molecule has 4 rings (SSSR count). The number of hydrogen-bond donors (Lipinski definition) is 2. The molecule has 11 heteroatoms. The Hall–Kier alpha value is -4.07. The maximum atomic E-state index is 14.8. The maximum absolute atomic E-state index is 14.8. The Kier molecular flexibility index (Phi) is 6.86. The molecule has 1 spiro atoms. The van der Waals surface area contributed by atoms with E-state index in [2.05, 4.69) is 21.3 Å². The molecule has 1 fully saturated rings. The number of alkyl halides is 4. The molecule has 2 aromatic carbocycles. The van der Waals surface area contributed by atoms with E-state index in [0.29, 0.717) is 11.3 Å². The molecule has 2 aliphatic heterocycles. The highest BCUT2D eigenvalue weighted by Crippen LogP contribution is 2.46. The zero-order chi connectivity index (χ0) is 27.9. The number of para-hydroxylation sites is 1. The number of benzene rings is 2. The van der Waals surface area contributed by atoms with Crippen LogP contribution in [-0.4, -0.2) is 53.3 Å². The van der Waals surface area contributed by atoms with Crippen LogP contribution in [0.25, 0.3) is 0 Å². The summed E-state index contributed by atoms with van der Waals surface area (Å²) in [6.07, 6.45) is 0.446. The number of hydrogen-bond acceptors (Lipinski definition) is 4. The zero-order valence-electron chi connectivity index (χ0n) is 20.6. The van der Waals surface area contributed by atoms with Crippen LogP contribution in [0.1, 0.15) is 42.6 Å². The molecular weight excluding hydrogens is 506 g/mol. The standard InChI is InChI=1S/C27H25F4N3O4/c1-4-17-13-26(19-10-5-6-11-20(19)33-24(26)37)15-34(17)23(36)21(14-25(2,3)28)32-22(35)16-8-7-9-18(12-16)38-27(29,30)31/h1,5-12,17,21H,13-15H2,2-3H3,(H,32,35)(H,33,37)/t17?,21-,26-/m0/s1. The number of anilines is 1. The van der Waals surface area contributed by atoms with E-state index in [1.807, 2.05) is 0 Å². The lowest BCUT2D eigenvalue weighted by atomic mass is 9.79. The summed E-state index contributed by atoms with van der Waals surface area (Å²) in [5.41, 5.74) is -1.94. The fraction of sp³-hybridized carbons (Fsp3) is 0.370. The number of rotatable bonds is 6. The highest BCUT2D eigenvalue weighted by atomic mass is 19.4. The predicted molar refractivity (Wildman–Crippen MR) is 130 cm³/mol. The summed E-state index contributed by atoms with van der Waals surface area (Å²) in [7, 11) is 0. The van der Waals surface area contributed by atoms with Crippen molar-refractivity contribution in [2.24, 2.45) is 0 Å². The van der Waals surface area contributed by atoms with Crippen molar-refractivity contribution in [2.75, 3.05) is 11.9 Å². The molecule has 0 saturated carbocycles. The van der Waals surface area contributed by atoms with Gasteiger partial charge in [-0.2, -0.15) is 0 Å². The third-order valence-corrected chi connectivity index (χ3v) is 6.58. The van der Waals surface area contributed by atoms with Crippen LogP contribution < -0.4 is 15.4 Å². The van der Waals surface area contributed by atoms with Gasteiger partial charge in [-0.15, -0.1) is 19.6 Å². The van der Waals surface area contributed by atoms with Crippen molar-refractivity contribution in [3.63, 3.8) is 0 Å². The summed E-state index contributed by atoms with van der Waals surface area (Å²) >= 11 is 0. The molecule has 0 bridgehead atoms. The van der Waals surface area contributed by atoms with Gasteiger partial charge in [-0.05, 0) is 50.1 Å². The SMILES string of the molecule is C#CC1C[C@@]2(CN1C(=O)[C@H](CC(C)(C)F)NC(=O)c1cccc(OC(F)(F)F)c1)C(=O)Nc1ccccc12. The lowest BCUT2D eigenvalue weighted by Crippen LogP contribution is -2.52. The highest BCUT2D eigenvalue weighted by Gasteiger charge is 2.56. The molecule has 2 N–H and O–H groups in total. The number of ether oxygens (including phenoxy) is 1. The van der Waals surface area contributed by atoms with Crippen molar-refractivity contribution in [3.05, 3.63) is 59.7 Å². The molecule has 38 heavy (non-hydrogen) atoms. The van der Waals surface area contributed by atoms with Crippen molar-refractivity contribution in [3.8, 4) is 18.1 Å². The number of likely N-dealkylation sites (tertiary alicyclic amines) is 1. The number of carbonyl (C=O) groups is 3. The monoisotopic (exact) mass is 531 g/mol. The Labute approximate surface area is 216 Å². The van der Waals surface area contributed by atoms with Crippen molar-refractivity contribution in [1.82, 2.24) is 10.2 Å². The number of halogens is 4. The number of nitrogens with one attached hydrogen (secondary N) is 2. The fourth-order valence-electron chi connectivity index (χ4n) is 4.98. The van der Waals surface area contributed by atoms with Crippen LogP contribution in [0.2, 0.25) is 0 Å². The molecule has 3 atom stereocenters. The molecule has 0 aliphatic carbocycles. The molecule has 2 heterocycles. The quantitative estimate of drug-likeness (QED) is 0.437. The van der Waals surface area contributed by atoms with Gasteiger partial charge in [0.1, 0.15) is 17.5 Å². The van der Waals surface area contributed by atoms with Crippen molar-refractivity contribution in [1.29, 1.82) is 0 Å². The number of amides is 3. The second-order valence-electron chi connectivity index (χ2n) is 9.96. The first-order valence-electron chi connectivity index (χ1n) is 11.8. The topological polar surface area (TPSA) is 87.7 Å². The van der Waals surface area contributed by atoms with Crippen LogP contribution in [0, 0.1) is 12.3 Å². The van der Waals surface area contributed by atoms with Crippen LogP contribution in [0.3, 0.4) is 0 Å². The minimum atomic E-state index is -4.97. The molecule has 200 valence electrons. The van der Waals surface area contributed by atoms with Crippen LogP contribution in [0.4, 0.5) is 23.2 Å². The Morgan fingerprint density at radius 1 is 1.21 bits per heavy atom. The minimum absolute atomic E-state index is 0.0858. The number of carbonyl (C=O) groups excluding carboxylic acids is 3. The van der Waals surface area contributed by atoms with E-state index in [-0.39, 0.29) is 24.4 Å². The average Bonchev–Trinajstić information content (AvgIpc) is 3.34. The van der Waals surface area contributed by atoms with E-state index in [1.165, 1.54) is 30.9 Å². The number of terminal acetylenes is 1. The summed E-state index contributed by atoms with van der Waals surface area (Å²) < 4.78 is 56.4. The van der Waals surface area contributed by atoms with E-state index in [4.69, 9.17) is 6.42 Å². The first kappa shape index (κ1) is 27.0. The molecule has 2 aliphatic rings. The first-order valence-corrected chi connectivity index (χ1v) is 11.8. The molecular formula is C27H25F4N3O4. The predicted octanol–water partition coefficient (Wildman–Crippen LogP) is 3.95. The molecule has 3 amide bonds. The van der Waals surface area contributed by atoms with Gasteiger partial charge in [0.15, 0.2) is 0 Å². The molecule has 0 aromatic heterocycles. The molecule has 7 nitrogen and oxygen atoms in total. The van der Waals surface area contributed by atoms with E-state index in [1.54, 1.807) is 24.3 Å². The van der Waals surface area contributed by atoms with Crippen LogP contribution in [0.5, 0.6) is 5.75 Å². The molecule has 0 radical (unpaired) electrons. The number of nitrogens with zero attached hydrogens (tertiary/aromatic N) is 1. The summed E-state index contributed by atoms with van der Waals surface area (Å²) in [5.74, 6) is -0.0307. The van der Waals surface area contributed by atoms with E-state index >= 15 is 0 Å². The Morgan fingerprint density at radius 2 is 1.92 bits per heavy atom. The van der Waals surface area contributed by atoms with Crippen LogP contribution >= 0.6 is 0 Å². The van der Waals surface area contributed by atoms with Gasteiger partial charge in [0.05, 0.1) is 11.5 Å². The Balaban J connectivity index is 1.61. The summed E-state index contributed by atoms with van der Waals surface area (Å²) in [6, 6.07) is 9.10. The molecule has 2 aromatic rings. The van der Waals surface area contributed by atoms with E-state index < -0.39 is 53.5 Å². The van der Waals surface area contributed by atoms with Gasteiger partial charge in [0.2, 0.25) is 11.8 Å². The third kappa shape index (κ3) is 5.44. The first-order chi connectivity index (χ1) is 17.7. The maximum Gasteiger partial charge on any atom is 0.573 e. The van der Waals surface area contributed by atoms with Gasteiger partial charge >= 0.3 is 6.36 Å². The smallest absolute Gasteiger partial charge is 0.406 e. The lowest BCUT2D eigenvalue weighted by molar-refractivity contribution is -0.274. The third-order valence-electron chi connectivity index (χ3n) is 6.58. The summed E-state index contributed by atoms with van der Waals surface area (Å²) in [6.45, 7) is 2.36. The normalized spacial score (nSPS) is 21.4. The Morgan fingerprint density at radius 3 is 2.58 bits per heavy atom. The zero-order valence-corrected chi connectivity index (χ0v) is 20.6.